The Hall–Kier alpha value is -2.04. The van der Waals surface area contributed by atoms with Crippen LogP contribution in [0.15, 0.2) is 18.2 Å². The van der Waals surface area contributed by atoms with Crippen molar-refractivity contribution in [2.24, 2.45) is 0 Å². The second-order valence-corrected chi connectivity index (χ2v) is 3.32. The number of nitrogen functional groups attached to an aromatic ring is 1. The molecule has 0 amide bonds. The lowest BCUT2D eigenvalue weighted by Crippen LogP contribution is -2.41. The topological polar surface area (TPSA) is 59.0 Å². The Morgan fingerprint density at radius 2 is 1.83 bits per heavy atom. The second-order valence-electron chi connectivity index (χ2n) is 3.32. The quantitative estimate of drug-likeness (QED) is 0.676. The van der Waals surface area contributed by atoms with E-state index >= 15 is 0 Å². The first kappa shape index (κ1) is 14.0. The Bertz CT molecular complexity index is 478. The number of nitrogens with zero attached hydrogens (tertiary/aromatic N) is 1. The van der Waals surface area contributed by atoms with E-state index in [-0.39, 0.29) is 11.3 Å². The minimum atomic E-state index is -5.70. The number of hydrogen-bond acceptors (Lipinski definition) is 3. The van der Waals surface area contributed by atoms with E-state index in [1.54, 1.807) is 6.07 Å². The molecule has 0 unspecified atom stereocenters. The van der Waals surface area contributed by atoms with Crippen molar-refractivity contribution in [2.45, 2.75) is 12.1 Å². The normalized spacial score (nSPS) is 12.0. The Morgan fingerprint density at radius 1 is 1.22 bits per heavy atom. The largest absolute Gasteiger partial charge is 0.485 e. The Morgan fingerprint density at radius 3 is 2.33 bits per heavy atom. The van der Waals surface area contributed by atoms with Gasteiger partial charge in [0.2, 0.25) is 0 Å². The fraction of sp³-hybridized carbons (Fsp3) is 0.300. The predicted molar refractivity (Wildman–Crippen MR) is 52.1 cm³/mol. The first-order valence-electron chi connectivity index (χ1n) is 4.55. The summed E-state index contributed by atoms with van der Waals surface area (Å²) in [4.78, 5) is 0. The molecule has 0 fully saturated rings. The summed E-state index contributed by atoms with van der Waals surface area (Å²) >= 11 is 0. The van der Waals surface area contributed by atoms with E-state index in [2.05, 4.69) is 4.74 Å². The van der Waals surface area contributed by atoms with E-state index in [0.29, 0.717) is 0 Å². The van der Waals surface area contributed by atoms with Gasteiger partial charge in [-0.3, -0.25) is 0 Å². The molecule has 0 saturated carbocycles. The summed E-state index contributed by atoms with van der Waals surface area (Å²) in [6.07, 6.45) is -5.70. The molecule has 0 aliphatic rings. The summed E-state index contributed by atoms with van der Waals surface area (Å²) in [5.41, 5.74) is 5.01. The highest BCUT2D eigenvalue weighted by Crippen LogP contribution is 2.36. The molecule has 0 bridgehead atoms. The number of halogens is 5. The number of nitriles is 1. The Balaban J connectivity index is 2.86. The van der Waals surface area contributed by atoms with E-state index < -0.39 is 24.5 Å². The van der Waals surface area contributed by atoms with Crippen molar-refractivity contribution in [1.29, 1.82) is 5.26 Å². The van der Waals surface area contributed by atoms with Gasteiger partial charge in [0.15, 0.2) is 6.61 Å². The molecule has 0 saturated heterocycles. The van der Waals surface area contributed by atoms with Gasteiger partial charge in [0.25, 0.3) is 0 Å². The molecule has 98 valence electrons. The molecule has 0 spiro atoms. The van der Waals surface area contributed by atoms with Gasteiger partial charge in [-0.1, -0.05) is 6.07 Å². The average Bonchev–Trinajstić information content (AvgIpc) is 2.26. The third kappa shape index (κ3) is 2.80. The monoisotopic (exact) mass is 266 g/mol. The highest BCUT2D eigenvalue weighted by molar-refractivity contribution is 5.63. The first-order valence-corrected chi connectivity index (χ1v) is 4.55. The molecule has 0 heterocycles. The van der Waals surface area contributed by atoms with Crippen LogP contribution in [0.2, 0.25) is 0 Å². The summed E-state index contributed by atoms with van der Waals surface area (Å²) in [7, 11) is 0. The summed E-state index contributed by atoms with van der Waals surface area (Å²) in [5, 5.41) is 8.59. The van der Waals surface area contributed by atoms with Gasteiger partial charge in [-0.25, -0.2) is 0 Å². The van der Waals surface area contributed by atoms with Crippen molar-refractivity contribution in [1.82, 2.24) is 0 Å². The van der Waals surface area contributed by atoms with Gasteiger partial charge in [0.1, 0.15) is 11.8 Å². The molecule has 0 aliphatic heterocycles. The molecule has 2 N–H and O–H groups in total. The number of anilines is 1. The van der Waals surface area contributed by atoms with Crippen molar-refractivity contribution < 1.29 is 26.7 Å². The fourth-order valence-electron chi connectivity index (χ4n) is 1.02. The summed E-state index contributed by atoms with van der Waals surface area (Å²) in [6, 6.07) is 5.29. The smallest absolute Gasteiger partial charge is 0.456 e. The fourth-order valence-corrected chi connectivity index (χ4v) is 1.02. The molecular formula is C10H7F5N2O. The molecule has 0 aliphatic carbocycles. The Kier molecular flexibility index (Phi) is 3.65. The third-order valence-corrected chi connectivity index (χ3v) is 2.01. The standard InChI is InChI=1S/C10H7F5N2O/c11-9(12,10(13,14)15)5-18-7-3-1-2-6(4-16)8(7)17/h1-3H,5,17H2. The van der Waals surface area contributed by atoms with Gasteiger partial charge in [-0.15, -0.1) is 0 Å². The van der Waals surface area contributed by atoms with Gasteiger partial charge in [-0.05, 0) is 12.1 Å². The van der Waals surface area contributed by atoms with Crippen molar-refractivity contribution in [3.05, 3.63) is 23.8 Å². The minimum absolute atomic E-state index is 0.0668. The number of nitrogens with two attached hydrogens (primary N) is 1. The molecule has 1 aromatic rings. The molecule has 0 aromatic heterocycles. The number of alkyl halides is 5. The number of ether oxygens (including phenoxy) is 1. The van der Waals surface area contributed by atoms with Crippen LogP contribution in [0.4, 0.5) is 27.6 Å². The summed E-state index contributed by atoms with van der Waals surface area (Å²) < 4.78 is 65.1. The number of para-hydroxylation sites is 1. The zero-order chi connectivity index (χ0) is 14.0. The molecule has 3 nitrogen and oxygen atoms in total. The van der Waals surface area contributed by atoms with Crippen LogP contribution in [0.25, 0.3) is 0 Å². The van der Waals surface area contributed by atoms with Crippen molar-refractivity contribution >= 4 is 5.69 Å². The molecule has 8 heteroatoms. The number of benzene rings is 1. The highest BCUT2D eigenvalue weighted by Gasteiger charge is 2.58. The maximum absolute atomic E-state index is 12.6. The van der Waals surface area contributed by atoms with Gasteiger partial charge < -0.3 is 10.5 Å². The van der Waals surface area contributed by atoms with E-state index in [1.165, 1.54) is 12.1 Å². The first-order chi connectivity index (χ1) is 8.19. The SMILES string of the molecule is N#Cc1cccc(OCC(F)(F)C(F)(F)F)c1N. The maximum atomic E-state index is 12.6. The van der Waals surface area contributed by atoms with Gasteiger partial charge in [-0.2, -0.15) is 27.2 Å². The van der Waals surface area contributed by atoms with Crippen molar-refractivity contribution in [3.8, 4) is 11.8 Å². The van der Waals surface area contributed by atoms with Crippen LogP contribution in [0, 0.1) is 11.3 Å². The van der Waals surface area contributed by atoms with Crippen LogP contribution in [0.1, 0.15) is 5.56 Å². The van der Waals surface area contributed by atoms with E-state index in [9.17, 15) is 22.0 Å². The van der Waals surface area contributed by atoms with Crippen LogP contribution in [0.5, 0.6) is 5.75 Å². The van der Waals surface area contributed by atoms with Gasteiger partial charge in [0, 0.05) is 0 Å². The predicted octanol–water partition coefficient (Wildman–Crippen LogP) is 2.72. The zero-order valence-electron chi connectivity index (χ0n) is 8.76. The van der Waals surface area contributed by atoms with E-state index in [0.717, 1.165) is 6.07 Å². The zero-order valence-corrected chi connectivity index (χ0v) is 8.76. The maximum Gasteiger partial charge on any atom is 0.456 e. The van der Waals surface area contributed by atoms with Crippen LogP contribution in [-0.4, -0.2) is 18.7 Å². The molecular weight excluding hydrogens is 259 g/mol. The van der Waals surface area contributed by atoms with Crippen molar-refractivity contribution in [3.63, 3.8) is 0 Å². The molecule has 1 aromatic carbocycles. The van der Waals surface area contributed by atoms with E-state index in [4.69, 9.17) is 11.0 Å². The second kappa shape index (κ2) is 4.68. The number of hydrogen-bond donors (Lipinski definition) is 1. The van der Waals surface area contributed by atoms with Crippen LogP contribution < -0.4 is 10.5 Å². The lowest BCUT2D eigenvalue weighted by Gasteiger charge is -2.20. The lowest BCUT2D eigenvalue weighted by molar-refractivity contribution is -0.289. The minimum Gasteiger partial charge on any atom is -0.485 e. The lowest BCUT2D eigenvalue weighted by atomic mass is 10.2. The third-order valence-electron chi connectivity index (χ3n) is 2.01. The molecule has 18 heavy (non-hydrogen) atoms. The molecule has 0 atom stereocenters. The summed E-state index contributed by atoms with van der Waals surface area (Å²) in [5.74, 6) is -5.37. The highest BCUT2D eigenvalue weighted by atomic mass is 19.4. The van der Waals surface area contributed by atoms with Gasteiger partial charge >= 0.3 is 12.1 Å². The number of rotatable bonds is 3. The van der Waals surface area contributed by atoms with Crippen molar-refractivity contribution in [2.75, 3.05) is 12.3 Å². The van der Waals surface area contributed by atoms with Crippen LogP contribution in [-0.2, 0) is 0 Å². The molecule has 0 radical (unpaired) electrons. The van der Waals surface area contributed by atoms with Gasteiger partial charge in [0.05, 0.1) is 11.3 Å². The van der Waals surface area contributed by atoms with Crippen LogP contribution >= 0.6 is 0 Å². The van der Waals surface area contributed by atoms with E-state index in [1.807, 2.05) is 0 Å². The molecule has 1 rings (SSSR count). The summed E-state index contributed by atoms with van der Waals surface area (Å²) in [6.45, 7) is -1.89. The average molecular weight is 266 g/mol. The Labute approximate surface area is 98.6 Å². The van der Waals surface area contributed by atoms with Crippen LogP contribution in [0.3, 0.4) is 0 Å².